The van der Waals surface area contributed by atoms with Crippen molar-refractivity contribution in [3.05, 3.63) is 106 Å². The second kappa shape index (κ2) is 14.8. The average molecular weight is 741 g/mol. The summed E-state index contributed by atoms with van der Waals surface area (Å²) in [4.78, 5) is 15.6. The minimum absolute atomic E-state index is 0.0546. The summed E-state index contributed by atoms with van der Waals surface area (Å²) in [6, 6.07) is 9.59. The van der Waals surface area contributed by atoms with Crippen molar-refractivity contribution >= 4 is 39.4 Å². The molecule has 0 spiro atoms. The Morgan fingerprint density at radius 2 is 1.63 bits per heavy atom. The summed E-state index contributed by atoms with van der Waals surface area (Å²) in [6.07, 6.45) is 1.86. The third kappa shape index (κ3) is 8.66. The van der Waals surface area contributed by atoms with Gasteiger partial charge in [-0.05, 0) is 66.9 Å². The van der Waals surface area contributed by atoms with E-state index in [1.54, 1.807) is 16.8 Å². The fourth-order valence-corrected chi connectivity index (χ4v) is 7.85. The van der Waals surface area contributed by atoms with Gasteiger partial charge in [-0.1, -0.05) is 43.3 Å². The Morgan fingerprint density at radius 3 is 2.18 bits per heavy atom. The third-order valence-corrected chi connectivity index (χ3v) is 11.4. The summed E-state index contributed by atoms with van der Waals surface area (Å²) in [5.74, 6) is -5.33. The van der Waals surface area contributed by atoms with Crippen LogP contribution in [0.3, 0.4) is 0 Å². The molecule has 1 atom stereocenters. The predicted molar refractivity (Wildman–Crippen MR) is 179 cm³/mol. The Balaban J connectivity index is 1.65. The van der Waals surface area contributed by atoms with E-state index < -0.39 is 61.2 Å². The second-order valence-electron chi connectivity index (χ2n) is 13.2. The van der Waals surface area contributed by atoms with Crippen LogP contribution < -0.4 is 5.11 Å². The number of carboxylic acids is 1. The fourth-order valence-electron chi connectivity index (χ4n) is 5.29. The number of likely N-dealkylation sites (N-methyl/N-ethyl adjacent to an activating group) is 1. The van der Waals surface area contributed by atoms with Gasteiger partial charge in [0.15, 0.2) is 5.16 Å². The van der Waals surface area contributed by atoms with Crippen LogP contribution in [0.1, 0.15) is 43.5 Å². The third-order valence-electron chi connectivity index (χ3n) is 8.25. The molecule has 0 radical (unpaired) electrons. The molecule has 264 valence electrons. The zero-order valence-corrected chi connectivity index (χ0v) is 30.2. The van der Waals surface area contributed by atoms with Gasteiger partial charge in [-0.3, -0.25) is 4.57 Å². The molecule has 0 aliphatic carbocycles. The molecule has 4 rings (SSSR count). The van der Waals surface area contributed by atoms with Crippen LogP contribution in [-0.2, 0) is 26.0 Å². The smallest absolute Gasteiger partial charge is 0.243 e. The number of thioether (sulfide) groups is 1. The highest BCUT2D eigenvalue weighted by Crippen LogP contribution is 2.38. The minimum atomic E-state index is -4.63. The number of aliphatic carboxylic acids is 1. The highest BCUT2D eigenvalue weighted by atomic mass is 35.5. The van der Waals surface area contributed by atoms with E-state index in [2.05, 4.69) is 4.98 Å². The first-order valence-corrected chi connectivity index (χ1v) is 17.9. The van der Waals surface area contributed by atoms with Gasteiger partial charge in [0.1, 0.15) is 23.3 Å². The summed E-state index contributed by atoms with van der Waals surface area (Å²) >= 11 is 7.02. The average Bonchev–Trinajstić information content (AvgIpc) is 3.44. The fraction of sp³-hybridized carbons (Fsp3) is 0.353. The Kier molecular flexibility index (Phi) is 11.6. The lowest BCUT2D eigenvalue weighted by Crippen LogP contribution is -2.49. The lowest BCUT2D eigenvalue weighted by molar-refractivity contribution is -0.870. The van der Waals surface area contributed by atoms with E-state index in [0.29, 0.717) is 50.8 Å². The lowest BCUT2D eigenvalue weighted by Gasteiger charge is -2.30. The first-order chi connectivity index (χ1) is 22.7. The van der Waals surface area contributed by atoms with Crippen molar-refractivity contribution in [1.29, 1.82) is 0 Å². The SMILES string of the molecule is CN([C@@H](CCC[N+](C)(C)C)C(=O)[O-])S(=O)(=O)c1cc(F)c(CSc2ncc(C(C)(C)c3ccc(F)c(Cl)c3)n2-c2ccc(F)cc2)c(F)c1. The normalized spacial score (nSPS) is 13.2. The maximum atomic E-state index is 15.5. The molecule has 0 amide bonds. The molecule has 3 aromatic carbocycles. The first-order valence-electron chi connectivity index (χ1n) is 15.1. The van der Waals surface area contributed by atoms with Crippen LogP contribution in [0.15, 0.2) is 70.8 Å². The van der Waals surface area contributed by atoms with Crippen molar-refractivity contribution in [1.82, 2.24) is 13.9 Å². The van der Waals surface area contributed by atoms with E-state index >= 15 is 8.78 Å². The molecule has 0 aliphatic heterocycles. The molecule has 0 saturated carbocycles. The molecule has 1 heterocycles. The van der Waals surface area contributed by atoms with Crippen LogP contribution >= 0.6 is 23.4 Å². The predicted octanol–water partition coefficient (Wildman–Crippen LogP) is 5.93. The quantitative estimate of drug-likeness (QED) is 0.0905. The highest BCUT2D eigenvalue weighted by molar-refractivity contribution is 7.98. The number of carbonyl (C=O) groups is 1. The maximum Gasteiger partial charge on any atom is 0.243 e. The van der Waals surface area contributed by atoms with E-state index in [1.807, 2.05) is 35.0 Å². The number of aromatic nitrogens is 2. The number of halogens is 5. The number of benzene rings is 3. The van der Waals surface area contributed by atoms with Crippen molar-refractivity contribution in [2.75, 3.05) is 34.7 Å². The monoisotopic (exact) mass is 740 g/mol. The van der Waals surface area contributed by atoms with Crippen LogP contribution in [0.5, 0.6) is 0 Å². The molecule has 1 aromatic heterocycles. The Labute approximate surface area is 293 Å². The van der Waals surface area contributed by atoms with Crippen molar-refractivity contribution in [3.8, 4) is 5.69 Å². The Bertz CT molecular complexity index is 1930. The lowest BCUT2D eigenvalue weighted by atomic mass is 9.81. The summed E-state index contributed by atoms with van der Waals surface area (Å²) in [5.41, 5.74) is 0.453. The summed E-state index contributed by atoms with van der Waals surface area (Å²) < 4.78 is 88.2. The van der Waals surface area contributed by atoms with Crippen LogP contribution in [0.25, 0.3) is 5.69 Å². The molecular formula is C34H37ClF4N4O4S2. The second-order valence-corrected chi connectivity index (χ2v) is 16.5. The number of imidazole rings is 1. The zero-order chi connectivity index (χ0) is 36.5. The zero-order valence-electron chi connectivity index (χ0n) is 27.8. The van der Waals surface area contributed by atoms with E-state index in [0.717, 1.165) is 18.8 Å². The van der Waals surface area contributed by atoms with E-state index in [4.69, 9.17) is 11.6 Å². The molecule has 0 aliphatic rings. The van der Waals surface area contributed by atoms with Gasteiger partial charge < -0.3 is 14.4 Å². The molecule has 0 fully saturated rings. The molecule has 0 saturated heterocycles. The summed E-state index contributed by atoms with van der Waals surface area (Å²) in [5, 5.41) is 12.1. The molecule has 0 bridgehead atoms. The first kappa shape index (κ1) is 38.4. The summed E-state index contributed by atoms with van der Waals surface area (Å²) in [7, 11) is 2.12. The van der Waals surface area contributed by atoms with Crippen molar-refractivity contribution in [3.63, 3.8) is 0 Å². The van der Waals surface area contributed by atoms with Gasteiger partial charge in [0, 0.05) is 29.5 Å². The maximum absolute atomic E-state index is 15.5. The number of quaternary nitrogens is 1. The van der Waals surface area contributed by atoms with Crippen LogP contribution in [0, 0.1) is 23.3 Å². The van der Waals surface area contributed by atoms with Crippen LogP contribution in [0.4, 0.5) is 17.6 Å². The van der Waals surface area contributed by atoms with Gasteiger partial charge in [0.05, 0.1) is 61.5 Å². The van der Waals surface area contributed by atoms with Crippen molar-refractivity contribution in [2.24, 2.45) is 0 Å². The van der Waals surface area contributed by atoms with Gasteiger partial charge in [0.25, 0.3) is 0 Å². The van der Waals surface area contributed by atoms with Gasteiger partial charge in [-0.2, -0.15) is 4.31 Å². The number of hydrogen-bond donors (Lipinski definition) is 0. The summed E-state index contributed by atoms with van der Waals surface area (Å²) in [6.45, 7) is 4.27. The minimum Gasteiger partial charge on any atom is -0.548 e. The van der Waals surface area contributed by atoms with Crippen molar-refractivity contribution < 1.29 is 40.4 Å². The number of rotatable bonds is 14. The molecule has 4 aromatic rings. The standard InChI is InChI=1S/C34H37ClF4N4O4S2/c1-34(2,21-9-14-27(37)26(35)16-21)31-19-40-33(42(31)23-12-10-22(36)11-13-23)48-20-25-28(38)17-24(18-29(25)39)49(46,47)41(3)30(32(44)45)8-7-15-43(4,5)6/h9-14,16-19,30H,7-8,15,20H2,1-6H3/t30-/m0/s1. The van der Waals surface area contributed by atoms with E-state index in [-0.39, 0.29) is 22.4 Å². The topological polar surface area (TPSA) is 95.3 Å². The Morgan fingerprint density at radius 1 is 1.02 bits per heavy atom. The molecule has 0 unspecified atom stereocenters. The van der Waals surface area contributed by atoms with E-state index in [9.17, 15) is 27.1 Å². The largest absolute Gasteiger partial charge is 0.548 e. The van der Waals surface area contributed by atoms with Gasteiger partial charge in [-0.25, -0.2) is 31.0 Å². The number of hydrogen-bond acceptors (Lipinski definition) is 6. The molecule has 15 heteroatoms. The highest BCUT2D eigenvalue weighted by Gasteiger charge is 2.32. The van der Waals surface area contributed by atoms with Crippen LogP contribution in [-0.4, -0.2) is 73.5 Å². The molecule has 8 nitrogen and oxygen atoms in total. The molecular weight excluding hydrogens is 704 g/mol. The van der Waals surface area contributed by atoms with Gasteiger partial charge in [-0.15, -0.1) is 0 Å². The Hall–Kier alpha value is -3.43. The van der Waals surface area contributed by atoms with Gasteiger partial charge in [0.2, 0.25) is 10.0 Å². The van der Waals surface area contributed by atoms with Gasteiger partial charge >= 0.3 is 0 Å². The number of carbonyl (C=O) groups excluding carboxylic acids is 1. The molecule has 0 N–H and O–H groups in total. The number of carboxylic acid groups (broad SMARTS) is 1. The van der Waals surface area contributed by atoms with Crippen LogP contribution in [0.2, 0.25) is 5.02 Å². The number of sulfonamides is 1. The molecule has 49 heavy (non-hydrogen) atoms. The van der Waals surface area contributed by atoms with Crippen molar-refractivity contribution in [2.45, 2.75) is 54.0 Å². The van der Waals surface area contributed by atoms with E-state index in [1.165, 1.54) is 36.4 Å². The number of nitrogens with zero attached hydrogens (tertiary/aromatic N) is 4.